The molecule has 3 amide bonds. The average Bonchev–Trinajstić information content (AvgIpc) is 3.55. The van der Waals surface area contributed by atoms with Gasteiger partial charge in [-0.25, -0.2) is 14.8 Å². The van der Waals surface area contributed by atoms with Gasteiger partial charge in [0.2, 0.25) is 11.8 Å². The standard InChI is InChI=1S/C30H28N6O3S/c1-4-24(37)34-20-11-10-19(15-20)33-18(3)28-27-26-22(12-13-31-29(26)40-28)36(30(38)35-27)23-16-32-25(14-17(23)2)39-21-8-6-5-7-9-21/h4-9,12-14,16,19-20,33H,1,3,10-11,15H2,2H3,(H,34,37)(H,35,38)/t19?,20-/m0/s1. The molecule has 6 rings (SSSR count). The molecule has 2 aliphatic rings. The number of thiophene rings is 1. The molecule has 1 aliphatic heterocycles. The summed E-state index contributed by atoms with van der Waals surface area (Å²) in [5.41, 5.74) is 3.64. The number of aromatic nitrogens is 2. The van der Waals surface area contributed by atoms with Crippen molar-refractivity contribution in [2.75, 3.05) is 10.2 Å². The monoisotopic (exact) mass is 552 g/mol. The van der Waals surface area contributed by atoms with E-state index >= 15 is 0 Å². The number of nitrogens with zero attached hydrogens (tertiary/aromatic N) is 3. The summed E-state index contributed by atoms with van der Waals surface area (Å²) in [6.45, 7) is 9.74. The van der Waals surface area contributed by atoms with Crippen LogP contribution in [0.1, 0.15) is 29.7 Å². The molecule has 0 bridgehead atoms. The van der Waals surface area contributed by atoms with Crippen molar-refractivity contribution in [2.45, 2.75) is 38.3 Å². The third kappa shape index (κ3) is 4.77. The molecule has 4 heterocycles. The lowest BCUT2D eigenvalue weighted by Crippen LogP contribution is -2.35. The largest absolute Gasteiger partial charge is 0.439 e. The first-order valence-electron chi connectivity index (χ1n) is 13.0. The number of ether oxygens (including phenoxy) is 1. The van der Waals surface area contributed by atoms with Crippen molar-refractivity contribution in [3.8, 4) is 11.6 Å². The van der Waals surface area contributed by atoms with Gasteiger partial charge in [-0.2, -0.15) is 0 Å². The first-order chi connectivity index (χ1) is 19.4. The fourth-order valence-electron chi connectivity index (χ4n) is 5.27. The number of para-hydroxylation sites is 1. The maximum atomic E-state index is 13.6. The van der Waals surface area contributed by atoms with Gasteiger partial charge >= 0.3 is 6.03 Å². The minimum atomic E-state index is -0.290. The van der Waals surface area contributed by atoms with Crippen molar-refractivity contribution in [1.82, 2.24) is 20.6 Å². The molecule has 10 heteroatoms. The second-order valence-electron chi connectivity index (χ2n) is 9.85. The normalized spacial score (nSPS) is 17.8. The van der Waals surface area contributed by atoms with Crippen LogP contribution in [0.25, 0.3) is 15.9 Å². The van der Waals surface area contributed by atoms with Gasteiger partial charge in [0, 0.05) is 30.0 Å². The number of hydrogen-bond donors (Lipinski definition) is 3. The summed E-state index contributed by atoms with van der Waals surface area (Å²) in [6, 6.07) is 13.1. The molecule has 0 saturated heterocycles. The second kappa shape index (κ2) is 10.5. The Morgan fingerprint density at radius 1 is 1.15 bits per heavy atom. The number of hydrogen-bond acceptors (Lipinski definition) is 7. The molecular weight excluding hydrogens is 524 g/mol. The molecule has 1 aliphatic carbocycles. The lowest BCUT2D eigenvalue weighted by molar-refractivity contribution is -0.117. The molecule has 1 fully saturated rings. The van der Waals surface area contributed by atoms with Gasteiger partial charge in [0.1, 0.15) is 10.6 Å². The van der Waals surface area contributed by atoms with E-state index in [1.807, 2.05) is 49.4 Å². The number of benzene rings is 1. The van der Waals surface area contributed by atoms with Crippen molar-refractivity contribution >= 4 is 56.3 Å². The highest BCUT2D eigenvalue weighted by molar-refractivity contribution is 7.20. The summed E-state index contributed by atoms with van der Waals surface area (Å²) < 4.78 is 5.88. The first kappa shape index (κ1) is 25.6. The van der Waals surface area contributed by atoms with Crippen molar-refractivity contribution < 1.29 is 14.3 Å². The lowest BCUT2D eigenvalue weighted by Gasteiger charge is -2.29. The number of urea groups is 1. The minimum absolute atomic E-state index is 0.0967. The summed E-state index contributed by atoms with van der Waals surface area (Å²) in [6.07, 6.45) is 7.23. The fourth-order valence-corrected chi connectivity index (χ4v) is 6.33. The van der Waals surface area contributed by atoms with Crippen LogP contribution < -0.4 is 25.6 Å². The predicted molar refractivity (Wildman–Crippen MR) is 158 cm³/mol. The van der Waals surface area contributed by atoms with E-state index in [1.165, 1.54) is 17.4 Å². The molecule has 2 atom stereocenters. The maximum absolute atomic E-state index is 13.6. The Morgan fingerprint density at radius 2 is 1.93 bits per heavy atom. The summed E-state index contributed by atoms with van der Waals surface area (Å²) in [7, 11) is 0. The topological polar surface area (TPSA) is 108 Å². The van der Waals surface area contributed by atoms with Crippen LogP contribution in [0.2, 0.25) is 0 Å². The van der Waals surface area contributed by atoms with E-state index in [1.54, 1.807) is 17.3 Å². The molecule has 3 aromatic heterocycles. The van der Waals surface area contributed by atoms with Crippen molar-refractivity contribution in [1.29, 1.82) is 0 Å². The minimum Gasteiger partial charge on any atom is -0.439 e. The highest BCUT2D eigenvalue weighted by Gasteiger charge is 2.33. The molecule has 0 spiro atoms. The van der Waals surface area contributed by atoms with Crippen molar-refractivity contribution in [3.63, 3.8) is 0 Å². The summed E-state index contributed by atoms with van der Waals surface area (Å²) in [4.78, 5) is 37.6. The van der Waals surface area contributed by atoms with Crippen molar-refractivity contribution in [3.05, 3.63) is 84.5 Å². The summed E-state index contributed by atoms with van der Waals surface area (Å²) in [5.74, 6) is 0.976. The van der Waals surface area contributed by atoms with Gasteiger partial charge in [-0.3, -0.25) is 9.69 Å². The number of rotatable bonds is 8. The SMILES string of the molecule is C=CC(=O)N[C@H]1CCC(NC(=C)c2sc3nccc4c3c2NC(=O)N4c2cnc(Oc3ccccc3)cc2C)C1. The fraction of sp³-hybridized carbons (Fsp3) is 0.200. The zero-order chi connectivity index (χ0) is 27.8. The van der Waals surface area contributed by atoms with Gasteiger partial charge in [0.25, 0.3) is 0 Å². The molecule has 1 unspecified atom stereocenters. The molecule has 9 nitrogen and oxygen atoms in total. The van der Waals surface area contributed by atoms with Gasteiger partial charge in [-0.15, -0.1) is 11.3 Å². The van der Waals surface area contributed by atoms with Crippen LogP contribution in [0.15, 0.2) is 74.1 Å². The van der Waals surface area contributed by atoms with Crippen LogP contribution >= 0.6 is 11.3 Å². The van der Waals surface area contributed by atoms with E-state index in [0.29, 0.717) is 23.0 Å². The van der Waals surface area contributed by atoms with Crippen LogP contribution in [0.5, 0.6) is 11.6 Å². The number of amides is 3. The van der Waals surface area contributed by atoms with E-state index in [4.69, 9.17) is 4.74 Å². The highest BCUT2D eigenvalue weighted by atomic mass is 32.1. The lowest BCUT2D eigenvalue weighted by atomic mass is 10.1. The molecule has 202 valence electrons. The van der Waals surface area contributed by atoms with Gasteiger partial charge < -0.3 is 20.7 Å². The van der Waals surface area contributed by atoms with Gasteiger partial charge in [0.05, 0.1) is 33.5 Å². The number of carbonyl (C=O) groups is 2. The number of pyridine rings is 2. The highest BCUT2D eigenvalue weighted by Crippen LogP contribution is 2.48. The van der Waals surface area contributed by atoms with Gasteiger partial charge in [0.15, 0.2) is 0 Å². The Morgan fingerprint density at radius 3 is 2.67 bits per heavy atom. The van der Waals surface area contributed by atoms with E-state index in [-0.39, 0.29) is 24.0 Å². The third-order valence-electron chi connectivity index (χ3n) is 7.13. The van der Waals surface area contributed by atoms with Crippen LogP contribution in [-0.2, 0) is 4.79 Å². The zero-order valence-electron chi connectivity index (χ0n) is 21.9. The van der Waals surface area contributed by atoms with E-state index in [2.05, 4.69) is 39.1 Å². The average molecular weight is 553 g/mol. The van der Waals surface area contributed by atoms with Gasteiger partial charge in [-0.1, -0.05) is 31.4 Å². The number of aryl methyl sites for hydroxylation is 1. The Bertz CT molecular complexity index is 1650. The number of nitrogens with one attached hydrogen (secondary N) is 3. The molecule has 40 heavy (non-hydrogen) atoms. The molecule has 1 aromatic carbocycles. The third-order valence-corrected chi connectivity index (χ3v) is 8.28. The smallest absolute Gasteiger partial charge is 0.331 e. The quantitative estimate of drug-likeness (QED) is 0.223. The second-order valence-corrected chi connectivity index (χ2v) is 10.8. The molecule has 3 N–H and O–H groups in total. The van der Waals surface area contributed by atoms with Gasteiger partial charge in [-0.05, 0) is 56.0 Å². The Kier molecular flexibility index (Phi) is 6.69. The zero-order valence-corrected chi connectivity index (χ0v) is 22.8. The van der Waals surface area contributed by atoms with Crippen LogP contribution in [0.4, 0.5) is 21.9 Å². The Balaban J connectivity index is 1.27. The van der Waals surface area contributed by atoms with Crippen LogP contribution in [0, 0.1) is 6.92 Å². The van der Waals surface area contributed by atoms with Crippen LogP contribution in [0.3, 0.4) is 0 Å². The van der Waals surface area contributed by atoms with E-state index in [0.717, 1.165) is 51.3 Å². The van der Waals surface area contributed by atoms with Crippen molar-refractivity contribution in [2.24, 2.45) is 0 Å². The van der Waals surface area contributed by atoms with E-state index < -0.39 is 0 Å². The van der Waals surface area contributed by atoms with E-state index in [9.17, 15) is 9.59 Å². The Hall–Kier alpha value is -4.70. The first-order valence-corrected chi connectivity index (χ1v) is 13.8. The molecule has 1 saturated carbocycles. The molecular formula is C30H28N6O3S. The summed E-state index contributed by atoms with van der Waals surface area (Å²) >= 11 is 1.48. The maximum Gasteiger partial charge on any atom is 0.331 e. The number of anilines is 3. The molecule has 0 radical (unpaired) electrons. The van der Waals surface area contributed by atoms with Crippen LogP contribution in [-0.4, -0.2) is 34.0 Å². The predicted octanol–water partition coefficient (Wildman–Crippen LogP) is 6.26. The Labute approximate surface area is 235 Å². The summed E-state index contributed by atoms with van der Waals surface area (Å²) in [5, 5.41) is 10.4. The number of carbonyl (C=O) groups excluding carboxylic acids is 2. The molecule has 4 aromatic rings.